The highest BCUT2D eigenvalue weighted by molar-refractivity contribution is 5.96. The summed E-state index contributed by atoms with van der Waals surface area (Å²) in [4.78, 5) is 12.6. The lowest BCUT2D eigenvalue weighted by molar-refractivity contribution is -0.125. The van der Waals surface area contributed by atoms with Crippen LogP contribution in [0.1, 0.15) is 26.7 Å². The first kappa shape index (κ1) is 20.0. The van der Waals surface area contributed by atoms with Crippen molar-refractivity contribution in [2.24, 2.45) is 11.1 Å². The number of nitrogens with two attached hydrogens (primary N) is 1. The fraction of sp³-hybridized carbons (Fsp3) is 0.316. The van der Waals surface area contributed by atoms with Crippen LogP contribution in [0.3, 0.4) is 0 Å². The van der Waals surface area contributed by atoms with Gasteiger partial charge in [-0.15, -0.1) is 12.4 Å². The van der Waals surface area contributed by atoms with Crippen LogP contribution in [0.5, 0.6) is 0 Å². The zero-order valence-corrected chi connectivity index (χ0v) is 15.0. The number of amides is 1. The van der Waals surface area contributed by atoms with E-state index in [2.05, 4.69) is 10.6 Å². The molecule has 0 aromatic heterocycles. The van der Waals surface area contributed by atoms with Crippen LogP contribution >= 0.6 is 12.4 Å². The lowest BCUT2D eigenvalue weighted by Gasteiger charge is -2.28. The maximum absolute atomic E-state index is 12.6. The molecule has 2 aromatic rings. The van der Waals surface area contributed by atoms with Gasteiger partial charge in [0.1, 0.15) is 0 Å². The number of rotatable bonds is 7. The molecule has 4 nitrogen and oxygen atoms in total. The summed E-state index contributed by atoms with van der Waals surface area (Å²) in [7, 11) is 0. The van der Waals surface area contributed by atoms with Crippen molar-refractivity contribution in [1.29, 1.82) is 0 Å². The van der Waals surface area contributed by atoms with Gasteiger partial charge in [0.2, 0.25) is 5.91 Å². The summed E-state index contributed by atoms with van der Waals surface area (Å²) in [5.41, 5.74) is 8.06. The molecule has 4 N–H and O–H groups in total. The molecular formula is C19H26ClN3O. The van der Waals surface area contributed by atoms with Gasteiger partial charge in [-0.25, -0.2) is 0 Å². The fourth-order valence-electron chi connectivity index (χ4n) is 2.58. The Bertz CT molecular complexity index is 634. The van der Waals surface area contributed by atoms with Gasteiger partial charge in [0.05, 0.1) is 5.41 Å². The molecule has 0 atom stereocenters. The number of hydrogen-bond donors (Lipinski definition) is 3. The first-order valence-electron chi connectivity index (χ1n) is 8.07. The molecule has 0 aliphatic carbocycles. The summed E-state index contributed by atoms with van der Waals surface area (Å²) >= 11 is 0. The number of para-hydroxylation sites is 1. The zero-order valence-electron chi connectivity index (χ0n) is 14.2. The van der Waals surface area contributed by atoms with Gasteiger partial charge in [-0.1, -0.05) is 38.1 Å². The molecule has 24 heavy (non-hydrogen) atoms. The van der Waals surface area contributed by atoms with E-state index in [1.54, 1.807) is 0 Å². The van der Waals surface area contributed by atoms with Crippen LogP contribution in [-0.2, 0) is 4.79 Å². The third-order valence-electron chi connectivity index (χ3n) is 4.41. The molecule has 0 bridgehead atoms. The zero-order chi connectivity index (χ0) is 16.7. The van der Waals surface area contributed by atoms with Gasteiger partial charge in [0.25, 0.3) is 0 Å². The molecule has 130 valence electrons. The number of anilines is 3. The minimum Gasteiger partial charge on any atom is -0.355 e. The van der Waals surface area contributed by atoms with Crippen molar-refractivity contribution in [2.45, 2.75) is 26.7 Å². The summed E-state index contributed by atoms with van der Waals surface area (Å²) in [6, 6.07) is 17.6. The van der Waals surface area contributed by atoms with Crippen LogP contribution in [0.4, 0.5) is 17.1 Å². The molecule has 0 saturated heterocycles. The highest BCUT2D eigenvalue weighted by Gasteiger charge is 2.33. The van der Waals surface area contributed by atoms with Crippen molar-refractivity contribution in [2.75, 3.05) is 17.2 Å². The monoisotopic (exact) mass is 347 g/mol. The minimum absolute atomic E-state index is 0. The maximum atomic E-state index is 12.6. The average molecular weight is 348 g/mol. The molecule has 2 aromatic carbocycles. The lowest BCUT2D eigenvalue weighted by Crippen LogP contribution is -2.41. The van der Waals surface area contributed by atoms with Gasteiger partial charge in [-0.2, -0.15) is 0 Å². The summed E-state index contributed by atoms with van der Waals surface area (Å²) in [6.45, 7) is 4.36. The number of carbonyl (C=O) groups excluding carboxylic acids is 1. The smallest absolute Gasteiger partial charge is 0.231 e. The predicted octanol–water partition coefficient (Wildman–Crippen LogP) is 4.56. The molecule has 0 saturated carbocycles. The Morgan fingerprint density at radius 3 is 2.12 bits per heavy atom. The van der Waals surface area contributed by atoms with E-state index in [0.29, 0.717) is 6.54 Å². The summed E-state index contributed by atoms with van der Waals surface area (Å²) < 4.78 is 0. The Morgan fingerprint density at radius 1 is 0.958 bits per heavy atom. The molecule has 5 heteroatoms. The maximum Gasteiger partial charge on any atom is 0.231 e. The standard InChI is InChI=1S/C19H25N3O.ClH/c1-3-19(4-2,14-20)18(23)22-17-12-8-11-16(13-17)21-15-9-6-5-7-10-15;/h5-13,21H,3-4,14,20H2,1-2H3,(H,22,23);1H. The van der Waals surface area contributed by atoms with Crippen LogP contribution < -0.4 is 16.4 Å². The first-order valence-corrected chi connectivity index (χ1v) is 8.07. The topological polar surface area (TPSA) is 67.2 Å². The van der Waals surface area contributed by atoms with Crippen molar-refractivity contribution < 1.29 is 4.79 Å². The minimum atomic E-state index is -0.497. The average Bonchev–Trinajstić information content (AvgIpc) is 2.58. The van der Waals surface area contributed by atoms with E-state index in [1.165, 1.54) is 0 Å². The number of benzene rings is 2. The third-order valence-corrected chi connectivity index (χ3v) is 4.41. The molecule has 0 radical (unpaired) electrons. The Balaban J connectivity index is 0.00000288. The van der Waals surface area contributed by atoms with E-state index in [9.17, 15) is 4.79 Å². The Hall–Kier alpha value is -2.04. The van der Waals surface area contributed by atoms with Crippen molar-refractivity contribution >= 4 is 35.4 Å². The molecule has 0 aliphatic heterocycles. The molecule has 0 spiro atoms. The van der Waals surface area contributed by atoms with E-state index in [1.807, 2.05) is 68.4 Å². The number of nitrogens with one attached hydrogen (secondary N) is 2. The lowest BCUT2D eigenvalue weighted by atomic mass is 9.81. The molecule has 0 aliphatic rings. The van der Waals surface area contributed by atoms with Crippen molar-refractivity contribution in [3.63, 3.8) is 0 Å². The quantitative estimate of drug-likeness (QED) is 0.688. The van der Waals surface area contributed by atoms with Crippen molar-refractivity contribution in [1.82, 2.24) is 0 Å². The van der Waals surface area contributed by atoms with Gasteiger partial charge in [0.15, 0.2) is 0 Å². The van der Waals surface area contributed by atoms with Crippen LogP contribution in [0.2, 0.25) is 0 Å². The molecule has 0 unspecified atom stereocenters. The van der Waals surface area contributed by atoms with Crippen LogP contribution in [0, 0.1) is 5.41 Å². The van der Waals surface area contributed by atoms with E-state index in [-0.39, 0.29) is 18.3 Å². The summed E-state index contributed by atoms with van der Waals surface area (Å²) in [6.07, 6.45) is 1.46. The van der Waals surface area contributed by atoms with Gasteiger partial charge in [0, 0.05) is 23.6 Å². The van der Waals surface area contributed by atoms with Crippen LogP contribution in [0.25, 0.3) is 0 Å². The van der Waals surface area contributed by atoms with Crippen molar-refractivity contribution in [3.8, 4) is 0 Å². The van der Waals surface area contributed by atoms with Crippen LogP contribution in [-0.4, -0.2) is 12.5 Å². The summed E-state index contributed by atoms with van der Waals surface area (Å²) in [5.74, 6) is -0.0122. The molecule has 0 fully saturated rings. The van der Waals surface area contributed by atoms with E-state index < -0.39 is 5.41 Å². The number of carbonyl (C=O) groups is 1. The SMILES string of the molecule is CCC(CC)(CN)C(=O)Nc1cccc(Nc2ccccc2)c1.Cl. The van der Waals surface area contributed by atoms with Gasteiger partial charge in [-0.05, 0) is 43.2 Å². The van der Waals surface area contributed by atoms with Gasteiger partial charge >= 0.3 is 0 Å². The second-order valence-corrected chi connectivity index (χ2v) is 5.72. The van der Waals surface area contributed by atoms with E-state index >= 15 is 0 Å². The number of halogens is 1. The second kappa shape index (κ2) is 9.30. The molecular weight excluding hydrogens is 322 g/mol. The first-order chi connectivity index (χ1) is 11.1. The van der Waals surface area contributed by atoms with Crippen molar-refractivity contribution in [3.05, 3.63) is 54.6 Å². The highest BCUT2D eigenvalue weighted by Crippen LogP contribution is 2.28. The second-order valence-electron chi connectivity index (χ2n) is 5.72. The Labute approximate surface area is 150 Å². The molecule has 2 rings (SSSR count). The van der Waals surface area contributed by atoms with Gasteiger partial charge < -0.3 is 16.4 Å². The van der Waals surface area contributed by atoms with Gasteiger partial charge in [-0.3, -0.25) is 4.79 Å². The van der Waals surface area contributed by atoms with E-state index in [0.717, 1.165) is 29.9 Å². The largest absolute Gasteiger partial charge is 0.355 e. The Kier molecular flexibility index (Phi) is 7.75. The highest BCUT2D eigenvalue weighted by atomic mass is 35.5. The van der Waals surface area contributed by atoms with Crippen LogP contribution in [0.15, 0.2) is 54.6 Å². The normalized spacial score (nSPS) is 10.6. The van der Waals surface area contributed by atoms with E-state index in [4.69, 9.17) is 5.73 Å². The molecule has 0 heterocycles. The summed E-state index contributed by atoms with van der Waals surface area (Å²) in [5, 5.41) is 6.33. The molecule has 1 amide bonds. The number of hydrogen-bond acceptors (Lipinski definition) is 3. The third kappa shape index (κ3) is 4.73. The Morgan fingerprint density at radius 2 is 1.54 bits per heavy atom. The fourth-order valence-corrected chi connectivity index (χ4v) is 2.58. The predicted molar refractivity (Wildman–Crippen MR) is 104 cm³/mol.